The van der Waals surface area contributed by atoms with Gasteiger partial charge in [-0.15, -0.1) is 0 Å². The number of aromatic amines is 1. The van der Waals surface area contributed by atoms with E-state index in [1.165, 1.54) is 47.2 Å². The molecule has 6 rings (SSSR count). The van der Waals surface area contributed by atoms with Gasteiger partial charge in [-0.2, -0.15) is 0 Å². The molecular formula is C23H27N5. The van der Waals surface area contributed by atoms with Gasteiger partial charge in [0.2, 0.25) is 0 Å². The minimum absolute atomic E-state index is 0.595. The molecule has 1 spiro atoms. The van der Waals surface area contributed by atoms with Crippen molar-refractivity contribution < 1.29 is 0 Å². The Morgan fingerprint density at radius 1 is 1.04 bits per heavy atom. The molecule has 0 bridgehead atoms. The van der Waals surface area contributed by atoms with Crippen molar-refractivity contribution in [1.29, 1.82) is 0 Å². The van der Waals surface area contributed by atoms with Gasteiger partial charge in [-0.25, -0.2) is 0 Å². The van der Waals surface area contributed by atoms with Crippen molar-refractivity contribution in [3.8, 4) is 11.3 Å². The van der Waals surface area contributed by atoms with Crippen LogP contribution >= 0.6 is 0 Å². The van der Waals surface area contributed by atoms with Gasteiger partial charge in [0.15, 0.2) is 0 Å². The molecule has 1 N–H and O–H groups in total. The zero-order chi connectivity index (χ0) is 18.7. The lowest BCUT2D eigenvalue weighted by Crippen LogP contribution is -2.44. The first-order valence-electron chi connectivity index (χ1n) is 10.5. The minimum atomic E-state index is 0.595. The summed E-state index contributed by atoms with van der Waals surface area (Å²) in [5, 5.41) is 1.23. The van der Waals surface area contributed by atoms with Gasteiger partial charge in [0.05, 0.1) is 5.69 Å². The maximum Gasteiger partial charge on any atom is 0.0795 e. The number of hydrogen-bond acceptors (Lipinski definition) is 4. The van der Waals surface area contributed by atoms with E-state index in [1.807, 2.05) is 6.20 Å². The second kappa shape index (κ2) is 6.06. The smallest absolute Gasteiger partial charge is 0.0795 e. The molecule has 2 saturated heterocycles. The number of H-pyrrole nitrogens is 1. The molecule has 3 aromatic rings. The van der Waals surface area contributed by atoms with E-state index in [4.69, 9.17) is 4.98 Å². The SMILES string of the molecule is CN1CCN(c2ccc(-c3nccc4[nH]c(CN5CC56CC6)cc34)cc2)CC1. The van der Waals surface area contributed by atoms with E-state index >= 15 is 0 Å². The lowest BCUT2D eigenvalue weighted by Gasteiger charge is -2.34. The van der Waals surface area contributed by atoms with Gasteiger partial charge in [-0.1, -0.05) is 12.1 Å². The van der Waals surface area contributed by atoms with Gasteiger partial charge in [0.1, 0.15) is 0 Å². The number of benzene rings is 1. The maximum atomic E-state index is 4.72. The second-order valence-corrected chi connectivity index (χ2v) is 8.83. The number of pyridine rings is 1. The van der Waals surface area contributed by atoms with Gasteiger partial charge in [-0.05, 0) is 44.2 Å². The molecule has 144 valence electrons. The van der Waals surface area contributed by atoms with E-state index in [1.54, 1.807) is 0 Å². The molecule has 1 aromatic carbocycles. The molecule has 0 amide bonds. The molecular weight excluding hydrogens is 346 g/mol. The summed E-state index contributed by atoms with van der Waals surface area (Å²) in [6, 6.07) is 13.4. The van der Waals surface area contributed by atoms with Crippen molar-refractivity contribution in [3.63, 3.8) is 0 Å². The molecule has 3 fully saturated rings. The molecule has 5 heteroatoms. The van der Waals surface area contributed by atoms with E-state index in [0.29, 0.717) is 5.54 Å². The number of rotatable bonds is 4. The van der Waals surface area contributed by atoms with Crippen molar-refractivity contribution in [2.45, 2.75) is 24.9 Å². The molecule has 4 heterocycles. The van der Waals surface area contributed by atoms with Crippen LogP contribution in [0.5, 0.6) is 0 Å². The van der Waals surface area contributed by atoms with Gasteiger partial charge < -0.3 is 14.8 Å². The molecule has 1 unspecified atom stereocenters. The fourth-order valence-electron chi connectivity index (χ4n) is 4.69. The highest BCUT2D eigenvalue weighted by Crippen LogP contribution is 2.54. The molecule has 1 aliphatic carbocycles. The molecule has 2 aromatic heterocycles. The highest BCUT2D eigenvalue weighted by Gasteiger charge is 2.60. The maximum absolute atomic E-state index is 4.72. The summed E-state index contributed by atoms with van der Waals surface area (Å²) in [5.74, 6) is 0. The summed E-state index contributed by atoms with van der Waals surface area (Å²) in [5.41, 5.74) is 6.68. The number of piperazine rings is 1. The average molecular weight is 374 g/mol. The lowest BCUT2D eigenvalue weighted by molar-refractivity contribution is 0.313. The Balaban J connectivity index is 1.26. The van der Waals surface area contributed by atoms with Crippen LogP contribution in [0.25, 0.3) is 22.2 Å². The van der Waals surface area contributed by atoms with Crippen LogP contribution in [0.15, 0.2) is 42.6 Å². The van der Waals surface area contributed by atoms with Gasteiger partial charge in [0, 0.05) is 78.9 Å². The zero-order valence-corrected chi connectivity index (χ0v) is 16.5. The first-order valence-corrected chi connectivity index (χ1v) is 10.5. The predicted molar refractivity (Wildman–Crippen MR) is 114 cm³/mol. The van der Waals surface area contributed by atoms with Crippen LogP contribution in [0, 0.1) is 0 Å². The van der Waals surface area contributed by atoms with Crippen LogP contribution in [-0.4, -0.2) is 65.1 Å². The third-order valence-corrected chi connectivity index (χ3v) is 6.85. The summed E-state index contributed by atoms with van der Waals surface area (Å²) in [7, 11) is 2.20. The largest absolute Gasteiger partial charge is 0.369 e. The second-order valence-electron chi connectivity index (χ2n) is 8.83. The van der Waals surface area contributed by atoms with E-state index in [-0.39, 0.29) is 0 Å². The van der Waals surface area contributed by atoms with Crippen LogP contribution in [0.2, 0.25) is 0 Å². The third-order valence-electron chi connectivity index (χ3n) is 6.85. The van der Waals surface area contributed by atoms with E-state index < -0.39 is 0 Å². The molecule has 5 nitrogen and oxygen atoms in total. The quantitative estimate of drug-likeness (QED) is 0.712. The fourth-order valence-corrected chi connectivity index (χ4v) is 4.69. The number of hydrogen-bond donors (Lipinski definition) is 1. The van der Waals surface area contributed by atoms with E-state index in [0.717, 1.165) is 38.4 Å². The predicted octanol–water partition coefficient (Wildman–Crippen LogP) is 3.33. The number of aromatic nitrogens is 2. The monoisotopic (exact) mass is 373 g/mol. The van der Waals surface area contributed by atoms with Gasteiger partial charge in [-0.3, -0.25) is 9.88 Å². The standard InChI is InChI=1S/C23H27N5/c1-26-10-12-27(13-11-26)19-4-2-17(3-5-19)22-20-14-18(25-21(20)6-9-24-22)15-28-16-23(28)7-8-23/h2-6,9,14,25H,7-8,10-13,15-16H2,1H3. The van der Waals surface area contributed by atoms with Crippen molar-refractivity contribution in [2.24, 2.45) is 0 Å². The number of anilines is 1. The number of nitrogens with one attached hydrogen (secondary N) is 1. The van der Waals surface area contributed by atoms with Crippen molar-refractivity contribution in [3.05, 3.63) is 48.3 Å². The Morgan fingerprint density at radius 3 is 2.54 bits per heavy atom. The summed E-state index contributed by atoms with van der Waals surface area (Å²) < 4.78 is 0. The van der Waals surface area contributed by atoms with Crippen LogP contribution < -0.4 is 4.90 Å². The summed E-state index contributed by atoms with van der Waals surface area (Å²) in [4.78, 5) is 15.8. The minimum Gasteiger partial charge on any atom is -0.369 e. The topological polar surface area (TPSA) is 38.2 Å². The molecule has 28 heavy (non-hydrogen) atoms. The van der Waals surface area contributed by atoms with Gasteiger partial charge in [0.25, 0.3) is 0 Å². The first-order chi connectivity index (χ1) is 13.7. The Labute approximate surface area is 166 Å². The highest BCUT2D eigenvalue weighted by atomic mass is 15.4. The number of likely N-dealkylation sites (N-methyl/N-ethyl adjacent to an activating group) is 1. The number of nitrogens with zero attached hydrogens (tertiary/aromatic N) is 4. The van der Waals surface area contributed by atoms with Crippen LogP contribution in [-0.2, 0) is 6.54 Å². The van der Waals surface area contributed by atoms with Crippen LogP contribution in [0.4, 0.5) is 5.69 Å². The molecule has 2 aliphatic heterocycles. The Morgan fingerprint density at radius 2 is 1.82 bits per heavy atom. The summed E-state index contributed by atoms with van der Waals surface area (Å²) in [6.45, 7) is 6.78. The Kier molecular flexibility index (Phi) is 3.59. The third kappa shape index (κ3) is 2.81. The average Bonchev–Trinajstić information content (AvgIpc) is 3.59. The molecule has 3 aliphatic rings. The number of fused-ring (bicyclic) bond motifs is 1. The Hall–Kier alpha value is -2.37. The van der Waals surface area contributed by atoms with Crippen LogP contribution in [0.1, 0.15) is 18.5 Å². The summed E-state index contributed by atoms with van der Waals surface area (Å²) >= 11 is 0. The van der Waals surface area contributed by atoms with Crippen molar-refractivity contribution >= 4 is 16.6 Å². The molecule has 0 radical (unpaired) electrons. The van der Waals surface area contributed by atoms with E-state index in [9.17, 15) is 0 Å². The van der Waals surface area contributed by atoms with Crippen molar-refractivity contribution in [1.82, 2.24) is 19.8 Å². The normalized spacial score (nSPS) is 23.5. The lowest BCUT2D eigenvalue weighted by atomic mass is 10.1. The fraction of sp³-hybridized carbons (Fsp3) is 0.435. The highest BCUT2D eigenvalue weighted by molar-refractivity contribution is 5.93. The zero-order valence-electron chi connectivity index (χ0n) is 16.5. The molecule has 1 saturated carbocycles. The van der Waals surface area contributed by atoms with Crippen molar-refractivity contribution in [2.75, 3.05) is 44.7 Å². The first kappa shape index (κ1) is 16.6. The summed E-state index contributed by atoms with van der Waals surface area (Å²) in [6.07, 6.45) is 4.70. The molecule has 1 atom stereocenters. The van der Waals surface area contributed by atoms with Crippen LogP contribution in [0.3, 0.4) is 0 Å². The van der Waals surface area contributed by atoms with E-state index in [2.05, 4.69) is 63.1 Å². The van der Waals surface area contributed by atoms with Gasteiger partial charge >= 0.3 is 0 Å². The Bertz CT molecular complexity index is 1010.